The second kappa shape index (κ2) is 6.06. The van der Waals surface area contributed by atoms with E-state index in [-0.39, 0.29) is 0 Å². The van der Waals surface area contributed by atoms with E-state index in [1.165, 1.54) is 4.88 Å². The van der Waals surface area contributed by atoms with E-state index in [0.29, 0.717) is 6.54 Å². The van der Waals surface area contributed by atoms with Crippen molar-refractivity contribution in [2.45, 2.75) is 10.1 Å². The molecule has 0 aliphatic carbocycles. The molecule has 5 heteroatoms. The highest BCUT2D eigenvalue weighted by molar-refractivity contribution is 8.00. The lowest BCUT2D eigenvalue weighted by Gasteiger charge is -1.92. The molecule has 2 heterocycles. The predicted octanol–water partition coefficient (Wildman–Crippen LogP) is 2.81. The van der Waals surface area contributed by atoms with Crippen molar-refractivity contribution in [3.63, 3.8) is 0 Å². The van der Waals surface area contributed by atoms with Crippen LogP contribution in [0.1, 0.15) is 10.4 Å². The Labute approximate surface area is 107 Å². The van der Waals surface area contributed by atoms with Gasteiger partial charge in [-0.1, -0.05) is 23.6 Å². The first-order chi connectivity index (χ1) is 7.88. The molecule has 2 aromatic heterocycles. The molecule has 0 aromatic carbocycles. The highest BCUT2D eigenvalue weighted by atomic mass is 32.2. The minimum Gasteiger partial charge on any atom is -0.320 e. The minimum atomic E-state index is 0.416. The number of nitrogens with two attached hydrogens (primary N) is 1. The lowest BCUT2D eigenvalue weighted by molar-refractivity contribution is 1.25. The summed E-state index contributed by atoms with van der Waals surface area (Å²) in [4.78, 5) is 5.55. The van der Waals surface area contributed by atoms with E-state index in [9.17, 15) is 0 Å². The van der Waals surface area contributed by atoms with Crippen molar-refractivity contribution in [2.75, 3.05) is 6.54 Å². The molecule has 2 nitrogen and oxygen atoms in total. The molecule has 16 heavy (non-hydrogen) atoms. The zero-order chi connectivity index (χ0) is 11.2. The van der Waals surface area contributed by atoms with Crippen molar-refractivity contribution < 1.29 is 0 Å². The van der Waals surface area contributed by atoms with Crippen molar-refractivity contribution in [2.24, 2.45) is 5.73 Å². The van der Waals surface area contributed by atoms with Crippen LogP contribution in [0.15, 0.2) is 27.4 Å². The molecule has 0 aliphatic heterocycles. The van der Waals surface area contributed by atoms with Crippen LogP contribution in [0.4, 0.5) is 0 Å². The van der Waals surface area contributed by atoms with Crippen LogP contribution in [0.5, 0.6) is 0 Å². The molecular formula is C11H10N2S3. The molecule has 0 saturated heterocycles. The number of hydrogen-bond donors (Lipinski definition) is 1. The molecule has 2 rings (SSSR count). The average Bonchev–Trinajstić information content (AvgIpc) is 2.95. The van der Waals surface area contributed by atoms with Crippen LogP contribution in [0.25, 0.3) is 0 Å². The van der Waals surface area contributed by atoms with Crippen LogP contribution in [-0.2, 0) is 5.75 Å². The van der Waals surface area contributed by atoms with E-state index in [2.05, 4.69) is 28.3 Å². The van der Waals surface area contributed by atoms with Gasteiger partial charge in [-0.05, 0) is 6.07 Å². The molecule has 2 N–H and O–H groups in total. The summed E-state index contributed by atoms with van der Waals surface area (Å²) in [6.45, 7) is 0.416. The van der Waals surface area contributed by atoms with E-state index in [0.717, 1.165) is 15.7 Å². The summed E-state index contributed by atoms with van der Waals surface area (Å²) in [5.74, 6) is 6.85. The second-order valence-electron chi connectivity index (χ2n) is 2.89. The minimum absolute atomic E-state index is 0.416. The zero-order valence-corrected chi connectivity index (χ0v) is 10.9. The van der Waals surface area contributed by atoms with Crippen LogP contribution < -0.4 is 5.73 Å². The van der Waals surface area contributed by atoms with E-state index in [4.69, 9.17) is 5.73 Å². The molecule has 0 radical (unpaired) electrons. The summed E-state index contributed by atoms with van der Waals surface area (Å²) in [6, 6.07) is 2.12. The Balaban J connectivity index is 1.93. The van der Waals surface area contributed by atoms with Gasteiger partial charge in [0.2, 0.25) is 0 Å². The number of rotatable bonds is 3. The van der Waals surface area contributed by atoms with Gasteiger partial charge in [0.1, 0.15) is 4.34 Å². The van der Waals surface area contributed by atoms with Gasteiger partial charge >= 0.3 is 0 Å². The number of thioether (sulfide) groups is 1. The standard InChI is InChI=1S/C11H10N2S3/c12-3-1-2-9-6-10(15-7-9)8-16-11-13-4-5-14-11/h4-7H,3,8,12H2. The van der Waals surface area contributed by atoms with Crippen LogP contribution in [0, 0.1) is 11.8 Å². The van der Waals surface area contributed by atoms with Crippen LogP contribution in [0.3, 0.4) is 0 Å². The maximum absolute atomic E-state index is 5.32. The fourth-order valence-electron chi connectivity index (χ4n) is 1.09. The lowest BCUT2D eigenvalue weighted by Crippen LogP contribution is -1.92. The SMILES string of the molecule is NCC#Cc1csc(CSc2nccs2)c1. The number of aromatic nitrogens is 1. The number of thiophene rings is 1. The average molecular weight is 266 g/mol. The van der Waals surface area contributed by atoms with Crippen LogP contribution in [-0.4, -0.2) is 11.5 Å². The molecule has 0 aliphatic rings. The molecule has 0 atom stereocenters. The molecule has 0 saturated carbocycles. The number of thiazole rings is 1. The van der Waals surface area contributed by atoms with Gasteiger partial charge < -0.3 is 5.73 Å². The summed E-state index contributed by atoms with van der Waals surface area (Å²) >= 11 is 5.17. The van der Waals surface area contributed by atoms with Crippen molar-refractivity contribution in [1.82, 2.24) is 4.98 Å². The Kier molecular flexibility index (Phi) is 4.43. The normalized spacial score (nSPS) is 9.81. The Bertz CT molecular complexity index is 491. The van der Waals surface area contributed by atoms with Gasteiger partial charge in [0.05, 0.1) is 6.54 Å². The highest BCUT2D eigenvalue weighted by Gasteiger charge is 2.01. The van der Waals surface area contributed by atoms with Crippen LogP contribution >= 0.6 is 34.4 Å². The molecule has 0 unspecified atom stereocenters. The first kappa shape index (κ1) is 11.7. The maximum atomic E-state index is 5.32. The molecule has 2 aromatic rings. The second-order valence-corrected chi connectivity index (χ2v) is 6.01. The van der Waals surface area contributed by atoms with E-state index in [1.54, 1.807) is 34.4 Å². The van der Waals surface area contributed by atoms with Crippen molar-refractivity contribution in [3.8, 4) is 11.8 Å². The zero-order valence-electron chi connectivity index (χ0n) is 8.47. The summed E-state index contributed by atoms with van der Waals surface area (Å²) < 4.78 is 1.11. The van der Waals surface area contributed by atoms with E-state index >= 15 is 0 Å². The first-order valence-electron chi connectivity index (χ1n) is 4.67. The molecule has 0 bridgehead atoms. The van der Waals surface area contributed by atoms with Gasteiger partial charge in [0.25, 0.3) is 0 Å². The van der Waals surface area contributed by atoms with Gasteiger partial charge in [-0.3, -0.25) is 0 Å². The molecule has 0 spiro atoms. The fourth-order valence-corrected chi connectivity index (χ4v) is 3.60. The molecule has 82 valence electrons. The van der Waals surface area contributed by atoms with E-state index < -0.39 is 0 Å². The summed E-state index contributed by atoms with van der Waals surface area (Å²) in [6.07, 6.45) is 1.83. The van der Waals surface area contributed by atoms with Gasteiger partial charge in [-0.15, -0.1) is 22.7 Å². The summed E-state index contributed by atoms with van der Waals surface area (Å²) in [7, 11) is 0. The lowest BCUT2D eigenvalue weighted by atomic mass is 10.3. The Morgan fingerprint density at radius 2 is 2.38 bits per heavy atom. The van der Waals surface area contributed by atoms with Gasteiger partial charge in [-0.25, -0.2) is 4.98 Å². The summed E-state index contributed by atoms with van der Waals surface area (Å²) in [5.41, 5.74) is 6.39. The third kappa shape index (κ3) is 3.35. The fraction of sp³-hybridized carbons (Fsp3) is 0.182. The molecule has 0 fully saturated rings. The smallest absolute Gasteiger partial charge is 0.150 e. The van der Waals surface area contributed by atoms with Crippen molar-refractivity contribution in [3.05, 3.63) is 33.5 Å². The Hall–Kier alpha value is -0.800. The molecule has 0 amide bonds. The highest BCUT2D eigenvalue weighted by Crippen LogP contribution is 2.27. The third-order valence-electron chi connectivity index (χ3n) is 1.74. The Morgan fingerprint density at radius 3 is 3.12 bits per heavy atom. The van der Waals surface area contributed by atoms with Crippen LogP contribution in [0.2, 0.25) is 0 Å². The predicted molar refractivity (Wildman–Crippen MR) is 71.9 cm³/mol. The van der Waals surface area contributed by atoms with Crippen molar-refractivity contribution >= 4 is 34.4 Å². The van der Waals surface area contributed by atoms with E-state index in [1.807, 2.05) is 11.6 Å². The van der Waals surface area contributed by atoms with Gasteiger partial charge in [0.15, 0.2) is 0 Å². The largest absolute Gasteiger partial charge is 0.320 e. The number of hydrogen-bond acceptors (Lipinski definition) is 5. The first-order valence-corrected chi connectivity index (χ1v) is 7.41. The maximum Gasteiger partial charge on any atom is 0.150 e. The van der Waals surface area contributed by atoms with Crippen molar-refractivity contribution in [1.29, 1.82) is 0 Å². The monoisotopic (exact) mass is 266 g/mol. The topological polar surface area (TPSA) is 38.9 Å². The van der Waals surface area contributed by atoms with Gasteiger partial charge in [0, 0.05) is 33.2 Å². The summed E-state index contributed by atoms with van der Waals surface area (Å²) in [5, 5.41) is 4.06. The molecular weight excluding hydrogens is 256 g/mol. The van der Waals surface area contributed by atoms with Gasteiger partial charge in [-0.2, -0.15) is 0 Å². The third-order valence-corrected chi connectivity index (χ3v) is 4.87. The quantitative estimate of drug-likeness (QED) is 0.686. The Morgan fingerprint density at radius 1 is 1.44 bits per heavy atom. The number of nitrogens with zero attached hydrogens (tertiary/aromatic N) is 1.